The Hall–Kier alpha value is -2.02. The van der Waals surface area contributed by atoms with Crippen LogP contribution in [-0.4, -0.2) is 19.0 Å². The summed E-state index contributed by atoms with van der Waals surface area (Å²) < 4.78 is 0. The molecule has 0 heterocycles. The lowest BCUT2D eigenvalue weighted by molar-refractivity contribution is -0.119. The van der Waals surface area contributed by atoms with Crippen LogP contribution < -0.4 is 10.6 Å². The number of carbonyl (C=O) groups excluding carboxylic acids is 1. The number of nitrogens with zero attached hydrogens (tertiary/aromatic N) is 1. The van der Waals surface area contributed by atoms with Crippen molar-refractivity contribution in [3.05, 3.63) is 29.3 Å². The van der Waals surface area contributed by atoms with E-state index in [9.17, 15) is 4.79 Å². The Kier molecular flexibility index (Phi) is 4.34. The quantitative estimate of drug-likeness (QED) is 0.801. The Bertz CT molecular complexity index is 421. The smallest absolute Gasteiger partial charge is 0.239 e. The van der Waals surface area contributed by atoms with Gasteiger partial charge < -0.3 is 10.6 Å². The average molecular weight is 217 g/mol. The summed E-state index contributed by atoms with van der Waals surface area (Å²) in [5, 5.41) is 14.5. The highest BCUT2D eigenvalue weighted by atomic mass is 16.1. The molecule has 4 nitrogen and oxygen atoms in total. The van der Waals surface area contributed by atoms with Crippen LogP contribution in [0.25, 0.3) is 0 Å². The summed E-state index contributed by atoms with van der Waals surface area (Å²) in [6, 6.07) is 7.50. The fourth-order valence-electron chi connectivity index (χ4n) is 1.34. The minimum Gasteiger partial charge on any atom is -0.376 e. The summed E-state index contributed by atoms with van der Waals surface area (Å²) >= 11 is 0. The van der Waals surface area contributed by atoms with Crippen molar-refractivity contribution in [2.75, 3.05) is 18.4 Å². The third-order valence-corrected chi connectivity index (χ3v) is 2.17. The van der Waals surface area contributed by atoms with Crippen molar-refractivity contribution in [3.63, 3.8) is 0 Å². The second kappa shape index (κ2) is 5.76. The number of carbonyl (C=O) groups is 1. The van der Waals surface area contributed by atoms with Crippen LogP contribution in [0.5, 0.6) is 0 Å². The molecule has 4 heteroatoms. The lowest BCUT2D eigenvalue weighted by atomic mass is 10.1. The van der Waals surface area contributed by atoms with Gasteiger partial charge in [-0.1, -0.05) is 0 Å². The van der Waals surface area contributed by atoms with Gasteiger partial charge in [0, 0.05) is 12.2 Å². The van der Waals surface area contributed by atoms with Crippen LogP contribution in [0.2, 0.25) is 0 Å². The van der Waals surface area contributed by atoms with Gasteiger partial charge in [-0.2, -0.15) is 5.26 Å². The summed E-state index contributed by atoms with van der Waals surface area (Å²) in [5.74, 6) is -0.0375. The Labute approximate surface area is 95.3 Å². The summed E-state index contributed by atoms with van der Waals surface area (Å²) in [5.41, 5.74) is 2.41. The van der Waals surface area contributed by atoms with E-state index in [1.54, 1.807) is 12.1 Å². The number of benzene rings is 1. The number of nitrogens with one attached hydrogen (secondary N) is 2. The zero-order valence-corrected chi connectivity index (χ0v) is 9.50. The fraction of sp³-hybridized carbons (Fsp3) is 0.333. The highest BCUT2D eigenvalue weighted by Gasteiger charge is 2.01. The topological polar surface area (TPSA) is 64.9 Å². The van der Waals surface area contributed by atoms with Gasteiger partial charge in [-0.25, -0.2) is 0 Å². The zero-order valence-electron chi connectivity index (χ0n) is 9.50. The molecule has 0 spiro atoms. The first-order chi connectivity index (χ1) is 7.67. The van der Waals surface area contributed by atoms with Crippen molar-refractivity contribution in [1.82, 2.24) is 5.32 Å². The molecule has 0 aromatic heterocycles. The molecule has 1 aromatic carbocycles. The Morgan fingerprint density at radius 2 is 2.25 bits per heavy atom. The maximum absolute atomic E-state index is 11.2. The number of anilines is 1. The Balaban J connectivity index is 2.59. The van der Waals surface area contributed by atoms with Crippen molar-refractivity contribution in [3.8, 4) is 6.07 Å². The molecule has 1 rings (SSSR count). The standard InChI is InChI=1S/C12H15N3O/c1-3-14-12(16)8-15-11-5-4-10(7-13)9(2)6-11/h4-6,15H,3,8H2,1-2H3,(H,14,16). The molecular weight excluding hydrogens is 202 g/mol. The van der Waals surface area contributed by atoms with Crippen molar-refractivity contribution >= 4 is 11.6 Å². The summed E-state index contributed by atoms with van der Waals surface area (Å²) in [6.07, 6.45) is 0. The van der Waals surface area contributed by atoms with Crippen molar-refractivity contribution in [2.24, 2.45) is 0 Å². The van der Waals surface area contributed by atoms with Gasteiger partial charge in [0.1, 0.15) is 0 Å². The Morgan fingerprint density at radius 3 is 2.81 bits per heavy atom. The molecule has 0 saturated heterocycles. The van der Waals surface area contributed by atoms with Crippen LogP contribution in [0.4, 0.5) is 5.69 Å². The van der Waals surface area contributed by atoms with Gasteiger partial charge in [0.05, 0.1) is 18.2 Å². The number of likely N-dealkylation sites (N-methyl/N-ethyl adjacent to an activating group) is 1. The maximum atomic E-state index is 11.2. The van der Waals surface area contributed by atoms with Crippen LogP contribution in [0, 0.1) is 18.3 Å². The van der Waals surface area contributed by atoms with Crippen molar-refractivity contribution in [1.29, 1.82) is 5.26 Å². The summed E-state index contributed by atoms with van der Waals surface area (Å²) in [4.78, 5) is 11.2. The van der Waals surface area contributed by atoms with Gasteiger partial charge in [0.2, 0.25) is 5.91 Å². The van der Waals surface area contributed by atoms with E-state index in [1.807, 2.05) is 19.9 Å². The van der Waals surface area contributed by atoms with E-state index in [1.165, 1.54) is 0 Å². The SMILES string of the molecule is CCNC(=O)CNc1ccc(C#N)c(C)c1. The highest BCUT2D eigenvalue weighted by Crippen LogP contribution is 2.13. The number of hydrogen-bond donors (Lipinski definition) is 2. The number of amides is 1. The van der Waals surface area contributed by atoms with Gasteiger partial charge in [-0.05, 0) is 37.6 Å². The third-order valence-electron chi connectivity index (χ3n) is 2.17. The van der Waals surface area contributed by atoms with Gasteiger partial charge in [0.25, 0.3) is 0 Å². The summed E-state index contributed by atoms with van der Waals surface area (Å²) in [6.45, 7) is 4.63. The minimum absolute atomic E-state index is 0.0375. The van der Waals surface area contributed by atoms with Crippen molar-refractivity contribution < 1.29 is 4.79 Å². The number of nitriles is 1. The van der Waals surface area contributed by atoms with E-state index in [4.69, 9.17) is 5.26 Å². The second-order valence-corrected chi connectivity index (χ2v) is 3.45. The number of hydrogen-bond acceptors (Lipinski definition) is 3. The van der Waals surface area contributed by atoms with Gasteiger partial charge in [-0.3, -0.25) is 4.79 Å². The molecule has 0 aliphatic heterocycles. The molecule has 0 aliphatic rings. The molecule has 0 fully saturated rings. The molecular formula is C12H15N3O. The van der Waals surface area contributed by atoms with Gasteiger partial charge >= 0.3 is 0 Å². The predicted octanol–water partition coefficient (Wildman–Crippen LogP) is 1.41. The molecule has 1 amide bonds. The van der Waals surface area contributed by atoms with Crippen molar-refractivity contribution in [2.45, 2.75) is 13.8 Å². The van der Waals surface area contributed by atoms with E-state index < -0.39 is 0 Å². The first-order valence-corrected chi connectivity index (χ1v) is 5.18. The third kappa shape index (κ3) is 3.28. The van der Waals surface area contributed by atoms with E-state index in [-0.39, 0.29) is 12.5 Å². The molecule has 0 aliphatic carbocycles. The fourth-order valence-corrected chi connectivity index (χ4v) is 1.34. The molecule has 0 saturated carbocycles. The van der Waals surface area contributed by atoms with Crippen LogP contribution in [0.3, 0.4) is 0 Å². The Morgan fingerprint density at radius 1 is 1.50 bits per heavy atom. The molecule has 1 aromatic rings. The first kappa shape index (κ1) is 12.1. The molecule has 0 atom stereocenters. The molecule has 16 heavy (non-hydrogen) atoms. The zero-order chi connectivity index (χ0) is 12.0. The minimum atomic E-state index is -0.0375. The molecule has 0 bridgehead atoms. The van der Waals surface area contributed by atoms with Gasteiger partial charge in [0.15, 0.2) is 0 Å². The number of rotatable bonds is 4. The monoisotopic (exact) mass is 217 g/mol. The van der Waals surface area contributed by atoms with E-state index >= 15 is 0 Å². The van der Waals surface area contributed by atoms with E-state index in [0.717, 1.165) is 11.3 Å². The highest BCUT2D eigenvalue weighted by molar-refractivity contribution is 5.80. The normalized spacial score (nSPS) is 9.31. The maximum Gasteiger partial charge on any atom is 0.239 e. The molecule has 0 radical (unpaired) electrons. The number of aryl methyl sites for hydroxylation is 1. The lowest BCUT2D eigenvalue weighted by Gasteiger charge is -2.07. The predicted molar refractivity (Wildman–Crippen MR) is 63.1 cm³/mol. The lowest BCUT2D eigenvalue weighted by Crippen LogP contribution is -2.29. The summed E-state index contributed by atoms with van der Waals surface area (Å²) in [7, 11) is 0. The molecule has 2 N–H and O–H groups in total. The first-order valence-electron chi connectivity index (χ1n) is 5.18. The van der Waals surface area contributed by atoms with E-state index in [2.05, 4.69) is 16.7 Å². The van der Waals surface area contributed by atoms with Crippen LogP contribution in [-0.2, 0) is 4.79 Å². The van der Waals surface area contributed by atoms with Crippen LogP contribution in [0.15, 0.2) is 18.2 Å². The molecule has 84 valence electrons. The van der Waals surface area contributed by atoms with Crippen LogP contribution >= 0.6 is 0 Å². The molecule has 0 unspecified atom stereocenters. The largest absolute Gasteiger partial charge is 0.376 e. The second-order valence-electron chi connectivity index (χ2n) is 3.45. The van der Waals surface area contributed by atoms with Gasteiger partial charge in [-0.15, -0.1) is 0 Å². The average Bonchev–Trinajstić information content (AvgIpc) is 2.27. The van der Waals surface area contributed by atoms with Crippen LogP contribution in [0.1, 0.15) is 18.1 Å². The van der Waals surface area contributed by atoms with E-state index in [0.29, 0.717) is 12.1 Å².